The predicted molar refractivity (Wildman–Crippen MR) is 78.5 cm³/mol. The Morgan fingerprint density at radius 2 is 2.14 bits per heavy atom. The normalized spacial score (nSPS) is 12.6. The highest BCUT2D eigenvalue weighted by molar-refractivity contribution is 7.89. The van der Waals surface area contributed by atoms with E-state index in [1.54, 1.807) is 31.5 Å². The molecule has 0 spiro atoms. The van der Waals surface area contributed by atoms with Gasteiger partial charge in [0.1, 0.15) is 6.07 Å². The topological polar surface area (TPSA) is 109 Å². The van der Waals surface area contributed by atoms with Crippen molar-refractivity contribution in [3.8, 4) is 6.07 Å². The molecule has 1 heterocycles. The summed E-state index contributed by atoms with van der Waals surface area (Å²) in [6.07, 6.45) is 3.19. The van der Waals surface area contributed by atoms with Gasteiger partial charge >= 0.3 is 0 Å². The second kappa shape index (κ2) is 5.91. The average Bonchev–Trinajstić information content (AvgIpc) is 2.47. The first kappa shape index (κ1) is 15.0. The van der Waals surface area contributed by atoms with Gasteiger partial charge < -0.3 is 5.73 Å². The van der Waals surface area contributed by atoms with Crippen LogP contribution < -0.4 is 10.5 Å². The van der Waals surface area contributed by atoms with Crippen molar-refractivity contribution >= 4 is 15.7 Å². The van der Waals surface area contributed by atoms with Crippen LogP contribution in [0.25, 0.3) is 0 Å². The van der Waals surface area contributed by atoms with E-state index in [0.29, 0.717) is 5.69 Å². The molecule has 0 aliphatic rings. The van der Waals surface area contributed by atoms with E-state index in [2.05, 4.69) is 9.71 Å². The Morgan fingerprint density at radius 3 is 2.76 bits per heavy atom. The van der Waals surface area contributed by atoms with Crippen LogP contribution in [0.2, 0.25) is 0 Å². The summed E-state index contributed by atoms with van der Waals surface area (Å²) in [7, 11) is -3.82. The molecule has 0 amide bonds. The lowest BCUT2D eigenvalue weighted by Crippen LogP contribution is -2.27. The van der Waals surface area contributed by atoms with E-state index in [-0.39, 0.29) is 10.5 Å². The van der Waals surface area contributed by atoms with E-state index in [4.69, 9.17) is 11.0 Å². The van der Waals surface area contributed by atoms with Gasteiger partial charge in [0.15, 0.2) is 0 Å². The summed E-state index contributed by atoms with van der Waals surface area (Å²) in [5.74, 6) is 0. The fourth-order valence-electron chi connectivity index (χ4n) is 1.87. The summed E-state index contributed by atoms with van der Waals surface area (Å²) in [4.78, 5) is 3.86. The molecular weight excluding hydrogens is 288 g/mol. The van der Waals surface area contributed by atoms with Crippen LogP contribution in [0, 0.1) is 11.3 Å². The van der Waals surface area contributed by atoms with Crippen molar-refractivity contribution < 1.29 is 8.42 Å². The van der Waals surface area contributed by atoms with E-state index >= 15 is 0 Å². The molecule has 3 N–H and O–H groups in total. The first-order chi connectivity index (χ1) is 9.94. The number of nitrogens with one attached hydrogen (secondary N) is 1. The third-order valence-corrected chi connectivity index (χ3v) is 4.53. The van der Waals surface area contributed by atoms with Crippen LogP contribution >= 0.6 is 0 Å². The third kappa shape index (κ3) is 3.37. The number of pyridine rings is 1. The summed E-state index contributed by atoms with van der Waals surface area (Å²) in [5, 5.41) is 9.05. The molecule has 6 nitrogen and oxygen atoms in total. The van der Waals surface area contributed by atoms with Crippen LogP contribution in [0.1, 0.15) is 24.1 Å². The molecule has 1 atom stereocenters. The summed E-state index contributed by atoms with van der Waals surface area (Å²) in [6.45, 7) is 1.71. The number of nitrogens with zero attached hydrogens (tertiary/aromatic N) is 2. The molecule has 1 aromatic heterocycles. The number of rotatable bonds is 4. The van der Waals surface area contributed by atoms with Crippen molar-refractivity contribution in [1.29, 1.82) is 5.26 Å². The summed E-state index contributed by atoms with van der Waals surface area (Å²) in [5.41, 5.74) is 6.65. The Labute approximate surface area is 123 Å². The lowest BCUT2D eigenvalue weighted by molar-refractivity contribution is 0.566. The number of benzene rings is 1. The summed E-state index contributed by atoms with van der Waals surface area (Å²) >= 11 is 0. The van der Waals surface area contributed by atoms with Gasteiger partial charge in [-0.05, 0) is 36.8 Å². The molecule has 2 rings (SSSR count). The molecule has 7 heteroatoms. The minimum atomic E-state index is -3.82. The van der Waals surface area contributed by atoms with Crippen LogP contribution in [0.4, 0.5) is 5.69 Å². The fraction of sp³-hybridized carbons (Fsp3) is 0.143. The molecule has 108 valence electrons. The number of nitrogen functional groups attached to an aromatic ring is 1. The first-order valence-electron chi connectivity index (χ1n) is 6.16. The number of hydrogen-bond donors (Lipinski definition) is 2. The van der Waals surface area contributed by atoms with Crippen molar-refractivity contribution in [3.05, 3.63) is 53.9 Å². The third-order valence-electron chi connectivity index (χ3n) is 2.93. The molecule has 0 bridgehead atoms. The van der Waals surface area contributed by atoms with Crippen LogP contribution in [0.5, 0.6) is 0 Å². The number of anilines is 1. The predicted octanol–water partition coefficient (Wildman–Crippen LogP) is 1.57. The zero-order valence-electron chi connectivity index (χ0n) is 11.3. The molecule has 1 aromatic carbocycles. The minimum Gasteiger partial charge on any atom is -0.399 e. The lowest BCUT2D eigenvalue weighted by Gasteiger charge is -2.15. The van der Waals surface area contributed by atoms with E-state index < -0.39 is 16.1 Å². The zero-order chi connectivity index (χ0) is 15.5. The van der Waals surface area contributed by atoms with Gasteiger partial charge in [-0.2, -0.15) is 5.26 Å². The quantitative estimate of drug-likeness (QED) is 0.833. The second-order valence-electron chi connectivity index (χ2n) is 4.50. The Bertz CT molecular complexity index is 782. The van der Waals surface area contributed by atoms with E-state index in [0.717, 1.165) is 5.56 Å². The Balaban J connectivity index is 2.34. The smallest absolute Gasteiger partial charge is 0.242 e. The van der Waals surface area contributed by atoms with Gasteiger partial charge in [0.2, 0.25) is 10.0 Å². The molecule has 2 aromatic rings. The van der Waals surface area contributed by atoms with Crippen molar-refractivity contribution in [2.75, 3.05) is 5.73 Å². The van der Waals surface area contributed by atoms with Crippen LogP contribution in [-0.2, 0) is 10.0 Å². The molecule has 0 aliphatic heterocycles. The first-order valence-corrected chi connectivity index (χ1v) is 7.64. The maximum absolute atomic E-state index is 12.4. The van der Waals surface area contributed by atoms with E-state index in [1.165, 1.54) is 18.2 Å². The Morgan fingerprint density at radius 1 is 1.38 bits per heavy atom. The van der Waals surface area contributed by atoms with E-state index in [1.807, 2.05) is 6.07 Å². The maximum atomic E-state index is 12.4. The van der Waals surface area contributed by atoms with Gasteiger partial charge in [0.25, 0.3) is 0 Å². The van der Waals surface area contributed by atoms with Crippen LogP contribution in [0.15, 0.2) is 47.6 Å². The molecule has 0 saturated heterocycles. The van der Waals surface area contributed by atoms with Gasteiger partial charge in [0, 0.05) is 24.1 Å². The number of hydrogen-bond acceptors (Lipinski definition) is 5. The van der Waals surface area contributed by atoms with Crippen LogP contribution in [-0.4, -0.2) is 13.4 Å². The fourth-order valence-corrected chi connectivity index (χ4v) is 3.24. The van der Waals surface area contributed by atoms with Gasteiger partial charge in [-0.3, -0.25) is 4.98 Å². The van der Waals surface area contributed by atoms with Crippen molar-refractivity contribution in [2.24, 2.45) is 0 Å². The van der Waals surface area contributed by atoms with Crippen molar-refractivity contribution in [3.63, 3.8) is 0 Å². The molecule has 0 fully saturated rings. The SMILES string of the molecule is CC(NS(=O)(=O)c1ccc(N)cc1C#N)c1cccnc1. The van der Waals surface area contributed by atoms with Crippen molar-refractivity contribution in [2.45, 2.75) is 17.9 Å². The second-order valence-corrected chi connectivity index (χ2v) is 6.18. The summed E-state index contributed by atoms with van der Waals surface area (Å²) < 4.78 is 27.3. The Hall–Kier alpha value is -2.43. The number of nitrogens with two attached hydrogens (primary N) is 1. The standard InChI is InChI=1S/C14H14N4O2S/c1-10(11-3-2-6-17-9-11)18-21(19,20)14-5-4-13(16)7-12(14)8-15/h2-7,9-10,18H,16H2,1H3. The molecule has 21 heavy (non-hydrogen) atoms. The largest absolute Gasteiger partial charge is 0.399 e. The average molecular weight is 302 g/mol. The Kier molecular flexibility index (Phi) is 4.21. The zero-order valence-corrected chi connectivity index (χ0v) is 12.1. The highest BCUT2D eigenvalue weighted by Gasteiger charge is 2.21. The highest BCUT2D eigenvalue weighted by atomic mass is 32.2. The number of aromatic nitrogens is 1. The van der Waals surface area contributed by atoms with Gasteiger partial charge in [-0.25, -0.2) is 13.1 Å². The molecule has 0 aliphatic carbocycles. The lowest BCUT2D eigenvalue weighted by atomic mass is 10.2. The van der Waals surface area contributed by atoms with Gasteiger partial charge in [-0.1, -0.05) is 6.07 Å². The van der Waals surface area contributed by atoms with Crippen molar-refractivity contribution in [1.82, 2.24) is 9.71 Å². The molecule has 0 saturated carbocycles. The highest BCUT2D eigenvalue weighted by Crippen LogP contribution is 2.21. The van der Waals surface area contributed by atoms with E-state index in [9.17, 15) is 8.42 Å². The maximum Gasteiger partial charge on any atom is 0.242 e. The molecular formula is C14H14N4O2S. The monoisotopic (exact) mass is 302 g/mol. The minimum absolute atomic E-state index is 0.0147. The van der Waals surface area contributed by atoms with Gasteiger partial charge in [-0.15, -0.1) is 0 Å². The number of nitriles is 1. The van der Waals surface area contributed by atoms with Gasteiger partial charge in [0.05, 0.1) is 10.5 Å². The molecule has 1 unspecified atom stereocenters. The summed E-state index contributed by atoms with van der Waals surface area (Å²) in [6, 6.07) is 8.99. The molecule has 0 radical (unpaired) electrons. The number of sulfonamides is 1. The van der Waals surface area contributed by atoms with Crippen LogP contribution in [0.3, 0.4) is 0 Å².